The Kier molecular flexibility index (Phi) is 9.28. The van der Waals surface area contributed by atoms with Crippen LogP contribution in [0.2, 0.25) is 0 Å². The third-order valence-corrected chi connectivity index (χ3v) is 0.494. The molecule has 0 unspecified atom stereocenters. The van der Waals surface area contributed by atoms with Crippen molar-refractivity contribution in [3.05, 3.63) is 12.7 Å². The minimum absolute atomic E-state index is 0. The first-order valence-electron chi connectivity index (χ1n) is 2.03. The van der Waals surface area contributed by atoms with E-state index in [1.54, 1.807) is 0 Å². The molecule has 0 aliphatic heterocycles. The van der Waals surface area contributed by atoms with Crippen molar-refractivity contribution in [3.8, 4) is 0 Å². The van der Waals surface area contributed by atoms with Gasteiger partial charge >= 0.3 is 18.9 Å². The molecule has 2 heteroatoms. The van der Waals surface area contributed by atoms with Crippen LogP contribution in [0.15, 0.2) is 12.7 Å². The molecule has 0 saturated heterocycles. The van der Waals surface area contributed by atoms with E-state index < -0.39 is 0 Å². The molecule has 0 bridgehead atoms. The first kappa shape index (κ1) is 10.3. The number of hydrogen-bond donors (Lipinski definition) is 0. The van der Waals surface area contributed by atoms with Crippen molar-refractivity contribution in [2.45, 2.75) is 0 Å². The summed E-state index contributed by atoms with van der Waals surface area (Å²) in [5.41, 5.74) is 0. The summed E-state index contributed by atoms with van der Waals surface area (Å²) in [6.45, 7) is 4.53. The van der Waals surface area contributed by atoms with Crippen molar-refractivity contribution in [3.63, 3.8) is 0 Å². The van der Waals surface area contributed by atoms with Gasteiger partial charge in [-0.3, -0.25) is 0 Å². The maximum atomic E-state index is 3.56. The van der Waals surface area contributed by atoms with Gasteiger partial charge in [0.1, 0.15) is 0 Å². The molecule has 38 valence electrons. The fraction of sp³-hybridized carbons (Fsp3) is 0.600. The topological polar surface area (TPSA) is 3.24 Å². The van der Waals surface area contributed by atoms with Gasteiger partial charge in [-0.15, -0.1) is 6.58 Å². The SMILES string of the molecule is C=CCN(C)C.[H-].[Li+]. The maximum Gasteiger partial charge on any atom is 1.00 e. The van der Waals surface area contributed by atoms with Crippen LogP contribution in [0.3, 0.4) is 0 Å². The van der Waals surface area contributed by atoms with E-state index in [1.165, 1.54) is 0 Å². The summed E-state index contributed by atoms with van der Waals surface area (Å²) in [7, 11) is 4.03. The molecule has 0 fully saturated rings. The molecule has 0 aromatic carbocycles. The Balaban J connectivity index is -0.000000125. The molecule has 0 aromatic rings. The molecule has 0 radical (unpaired) electrons. The van der Waals surface area contributed by atoms with E-state index in [-0.39, 0.29) is 20.3 Å². The Bertz CT molecular complexity index is 47.7. The molecule has 0 N–H and O–H groups in total. The van der Waals surface area contributed by atoms with E-state index in [9.17, 15) is 0 Å². The van der Waals surface area contributed by atoms with Crippen LogP contribution in [0.1, 0.15) is 1.43 Å². The minimum Gasteiger partial charge on any atom is -1.00 e. The van der Waals surface area contributed by atoms with Crippen LogP contribution >= 0.6 is 0 Å². The van der Waals surface area contributed by atoms with E-state index in [2.05, 4.69) is 11.5 Å². The van der Waals surface area contributed by atoms with Gasteiger partial charge in [-0.05, 0) is 14.1 Å². The van der Waals surface area contributed by atoms with Gasteiger partial charge in [-0.2, -0.15) is 0 Å². The predicted octanol–water partition coefficient (Wildman–Crippen LogP) is -2.15. The Labute approximate surface area is 59.1 Å². The van der Waals surface area contributed by atoms with Gasteiger partial charge in [0.25, 0.3) is 0 Å². The zero-order valence-corrected chi connectivity index (χ0v) is 5.44. The van der Waals surface area contributed by atoms with Crippen LogP contribution in [-0.4, -0.2) is 25.5 Å². The van der Waals surface area contributed by atoms with Gasteiger partial charge in [0.2, 0.25) is 0 Å². The van der Waals surface area contributed by atoms with E-state index in [0.717, 1.165) is 6.54 Å². The van der Waals surface area contributed by atoms with Crippen molar-refractivity contribution < 1.29 is 20.3 Å². The van der Waals surface area contributed by atoms with Crippen LogP contribution in [0.25, 0.3) is 0 Å². The summed E-state index contributed by atoms with van der Waals surface area (Å²) in [5.74, 6) is 0. The Morgan fingerprint density at radius 2 is 2.14 bits per heavy atom. The van der Waals surface area contributed by atoms with Crippen LogP contribution in [0, 0.1) is 0 Å². The normalized spacial score (nSPS) is 7.86. The van der Waals surface area contributed by atoms with Crippen molar-refractivity contribution in [2.24, 2.45) is 0 Å². The molecule has 7 heavy (non-hydrogen) atoms. The van der Waals surface area contributed by atoms with E-state index in [4.69, 9.17) is 0 Å². The Hall–Kier alpha value is 0.297. The van der Waals surface area contributed by atoms with Gasteiger partial charge in [-0.25, -0.2) is 0 Å². The van der Waals surface area contributed by atoms with Crippen molar-refractivity contribution in [2.75, 3.05) is 20.6 Å². The smallest absolute Gasteiger partial charge is 1.00 e. The second-order valence-electron chi connectivity index (χ2n) is 1.55. The first-order chi connectivity index (χ1) is 2.77. The number of hydrogen-bond acceptors (Lipinski definition) is 1. The van der Waals surface area contributed by atoms with E-state index in [1.807, 2.05) is 20.2 Å². The molecule has 1 nitrogen and oxygen atoms in total. The Morgan fingerprint density at radius 1 is 1.71 bits per heavy atom. The molecule has 0 saturated carbocycles. The molecule has 0 rings (SSSR count). The van der Waals surface area contributed by atoms with Crippen molar-refractivity contribution in [1.82, 2.24) is 4.90 Å². The van der Waals surface area contributed by atoms with Gasteiger partial charge in [0.15, 0.2) is 0 Å². The average Bonchev–Trinajstić information content (AvgIpc) is 1.35. The van der Waals surface area contributed by atoms with Crippen LogP contribution in [0.5, 0.6) is 0 Å². The average molecular weight is 93.1 g/mol. The van der Waals surface area contributed by atoms with Crippen molar-refractivity contribution >= 4 is 0 Å². The molecule has 0 aliphatic carbocycles. The summed E-state index contributed by atoms with van der Waals surface area (Å²) in [6, 6.07) is 0. The molecule has 0 amide bonds. The Morgan fingerprint density at radius 3 is 2.14 bits per heavy atom. The fourth-order valence-corrected chi connectivity index (χ4v) is 0.258. The maximum absolute atomic E-state index is 3.56. The van der Waals surface area contributed by atoms with Crippen LogP contribution < -0.4 is 18.9 Å². The summed E-state index contributed by atoms with van der Waals surface area (Å²) in [6.07, 6.45) is 1.88. The third kappa shape index (κ3) is 10.7. The third-order valence-electron chi connectivity index (χ3n) is 0.494. The van der Waals surface area contributed by atoms with Crippen molar-refractivity contribution in [1.29, 1.82) is 0 Å². The first-order valence-corrected chi connectivity index (χ1v) is 2.03. The zero-order chi connectivity index (χ0) is 4.99. The molecule has 0 spiro atoms. The number of rotatable bonds is 2. The summed E-state index contributed by atoms with van der Waals surface area (Å²) >= 11 is 0. The van der Waals surface area contributed by atoms with E-state index >= 15 is 0 Å². The monoisotopic (exact) mass is 93.1 g/mol. The minimum atomic E-state index is 0. The van der Waals surface area contributed by atoms with Gasteiger partial charge in [-0.1, -0.05) is 6.08 Å². The fourth-order valence-electron chi connectivity index (χ4n) is 0.258. The largest absolute Gasteiger partial charge is 1.00 e. The summed E-state index contributed by atoms with van der Waals surface area (Å²) < 4.78 is 0. The van der Waals surface area contributed by atoms with Gasteiger partial charge in [0.05, 0.1) is 0 Å². The molecule has 0 aliphatic rings. The second-order valence-corrected chi connectivity index (χ2v) is 1.55. The standard InChI is InChI=1S/C5H11N.Li.H/c1-4-5-6(2)3;;/h4H,1,5H2,2-3H3;;/q;+1;-1. The second kappa shape index (κ2) is 6.30. The quantitative estimate of drug-likeness (QED) is 0.278. The summed E-state index contributed by atoms with van der Waals surface area (Å²) in [5, 5.41) is 0. The molecule has 0 aromatic heterocycles. The van der Waals surface area contributed by atoms with Crippen LogP contribution in [0.4, 0.5) is 0 Å². The molecule has 0 atom stereocenters. The van der Waals surface area contributed by atoms with Gasteiger partial charge < -0.3 is 6.33 Å². The number of likely N-dealkylation sites (N-methyl/N-ethyl adjacent to an activating group) is 1. The van der Waals surface area contributed by atoms with Crippen LogP contribution in [-0.2, 0) is 0 Å². The molecular weight excluding hydrogens is 81.0 g/mol. The summed E-state index contributed by atoms with van der Waals surface area (Å²) in [4.78, 5) is 2.06. The van der Waals surface area contributed by atoms with Gasteiger partial charge in [0, 0.05) is 6.54 Å². The van der Waals surface area contributed by atoms with E-state index in [0.29, 0.717) is 0 Å². The zero-order valence-electron chi connectivity index (χ0n) is 6.44. The molecule has 0 heterocycles. The molecular formula is C5H12LiN. The predicted molar refractivity (Wildman–Crippen MR) is 29.9 cm³/mol. The number of nitrogens with zero attached hydrogens (tertiary/aromatic N) is 1.